The van der Waals surface area contributed by atoms with E-state index in [0.717, 1.165) is 31.2 Å². The van der Waals surface area contributed by atoms with Gasteiger partial charge < -0.3 is 10.2 Å². The molecule has 2 rings (SSSR count). The normalized spacial score (nSPS) is 19.6. The molecule has 0 amide bonds. The number of halogens is 1. The van der Waals surface area contributed by atoms with Crippen LogP contribution in [0.3, 0.4) is 0 Å². The molecule has 0 aliphatic carbocycles. The van der Waals surface area contributed by atoms with Crippen LogP contribution in [-0.2, 0) is 6.54 Å². The standard InChI is InChI=1S/C16H25ClN2S/c1-12(2)9-18-10-14-8-15(17)4-5-16(14)19-6-7-20-13(3)11-19/h4-5,8,12-13,18H,6-7,9-11H2,1-3H3. The minimum atomic E-state index is 0.670. The van der Waals surface area contributed by atoms with Crippen molar-refractivity contribution in [2.75, 3.05) is 30.3 Å². The van der Waals surface area contributed by atoms with E-state index < -0.39 is 0 Å². The molecule has 0 aromatic heterocycles. The Bertz CT molecular complexity index is 436. The molecule has 2 nitrogen and oxygen atoms in total. The largest absolute Gasteiger partial charge is 0.369 e. The number of rotatable bonds is 5. The maximum atomic E-state index is 6.18. The molecule has 0 spiro atoms. The fourth-order valence-electron chi connectivity index (χ4n) is 2.54. The molecule has 0 radical (unpaired) electrons. The second kappa shape index (κ2) is 7.58. The van der Waals surface area contributed by atoms with Gasteiger partial charge in [-0.1, -0.05) is 32.4 Å². The van der Waals surface area contributed by atoms with E-state index in [2.05, 4.69) is 54.9 Å². The molecule has 0 bridgehead atoms. The van der Waals surface area contributed by atoms with E-state index in [1.54, 1.807) is 0 Å². The van der Waals surface area contributed by atoms with Gasteiger partial charge in [0.25, 0.3) is 0 Å². The van der Waals surface area contributed by atoms with Gasteiger partial charge in [-0.15, -0.1) is 0 Å². The lowest BCUT2D eigenvalue weighted by atomic mass is 10.1. The number of anilines is 1. The second-order valence-electron chi connectivity index (χ2n) is 5.93. The van der Waals surface area contributed by atoms with Crippen molar-refractivity contribution in [3.05, 3.63) is 28.8 Å². The summed E-state index contributed by atoms with van der Waals surface area (Å²) < 4.78 is 0. The minimum Gasteiger partial charge on any atom is -0.369 e. The topological polar surface area (TPSA) is 15.3 Å². The number of benzene rings is 1. The smallest absolute Gasteiger partial charge is 0.0413 e. The first kappa shape index (κ1) is 16.0. The summed E-state index contributed by atoms with van der Waals surface area (Å²) in [5.74, 6) is 1.88. The van der Waals surface area contributed by atoms with E-state index >= 15 is 0 Å². The highest BCUT2D eigenvalue weighted by molar-refractivity contribution is 8.00. The molecular weight excluding hydrogens is 288 g/mol. The minimum absolute atomic E-state index is 0.670. The van der Waals surface area contributed by atoms with Crippen molar-refractivity contribution in [1.29, 1.82) is 0 Å². The number of hydrogen-bond acceptors (Lipinski definition) is 3. The van der Waals surface area contributed by atoms with Gasteiger partial charge in [-0.3, -0.25) is 0 Å². The Morgan fingerprint density at radius 1 is 1.45 bits per heavy atom. The molecule has 0 saturated carbocycles. The van der Waals surface area contributed by atoms with Crippen molar-refractivity contribution in [2.45, 2.75) is 32.6 Å². The van der Waals surface area contributed by atoms with Gasteiger partial charge in [0, 0.05) is 41.3 Å². The van der Waals surface area contributed by atoms with Crippen molar-refractivity contribution < 1.29 is 0 Å². The molecule has 1 atom stereocenters. The first-order valence-corrected chi connectivity index (χ1v) is 8.84. The summed E-state index contributed by atoms with van der Waals surface area (Å²) in [6.07, 6.45) is 0. The second-order valence-corrected chi connectivity index (χ2v) is 7.91. The fraction of sp³-hybridized carbons (Fsp3) is 0.625. The molecule has 20 heavy (non-hydrogen) atoms. The van der Waals surface area contributed by atoms with Crippen molar-refractivity contribution >= 4 is 29.1 Å². The number of thioether (sulfide) groups is 1. The first-order chi connectivity index (χ1) is 9.56. The Morgan fingerprint density at radius 3 is 2.95 bits per heavy atom. The number of hydrogen-bond donors (Lipinski definition) is 1. The highest BCUT2D eigenvalue weighted by Gasteiger charge is 2.19. The Morgan fingerprint density at radius 2 is 2.25 bits per heavy atom. The highest BCUT2D eigenvalue weighted by atomic mass is 35.5. The first-order valence-electron chi connectivity index (χ1n) is 7.42. The number of nitrogens with zero attached hydrogens (tertiary/aromatic N) is 1. The molecule has 112 valence electrons. The van der Waals surface area contributed by atoms with Gasteiger partial charge in [0.15, 0.2) is 0 Å². The molecule has 1 aromatic carbocycles. The summed E-state index contributed by atoms with van der Waals surface area (Å²) in [5.41, 5.74) is 2.66. The molecule has 1 saturated heterocycles. The summed E-state index contributed by atoms with van der Waals surface area (Å²) in [6.45, 7) is 11.0. The van der Waals surface area contributed by atoms with E-state index in [-0.39, 0.29) is 0 Å². The lowest BCUT2D eigenvalue weighted by Gasteiger charge is -2.34. The van der Waals surface area contributed by atoms with Crippen LogP contribution in [-0.4, -0.2) is 30.6 Å². The van der Waals surface area contributed by atoms with Crippen molar-refractivity contribution in [2.24, 2.45) is 5.92 Å². The van der Waals surface area contributed by atoms with Gasteiger partial charge in [-0.05, 0) is 36.2 Å². The van der Waals surface area contributed by atoms with Gasteiger partial charge >= 0.3 is 0 Å². The van der Waals surface area contributed by atoms with Gasteiger partial charge in [0.1, 0.15) is 0 Å². The van der Waals surface area contributed by atoms with E-state index in [0.29, 0.717) is 11.2 Å². The highest BCUT2D eigenvalue weighted by Crippen LogP contribution is 2.28. The molecule has 1 aromatic rings. The average Bonchev–Trinajstić information content (AvgIpc) is 2.38. The van der Waals surface area contributed by atoms with E-state index in [1.807, 2.05) is 6.07 Å². The Balaban J connectivity index is 2.10. The molecule has 1 unspecified atom stereocenters. The van der Waals surface area contributed by atoms with Crippen LogP contribution < -0.4 is 10.2 Å². The Hall–Kier alpha value is -0.380. The summed E-state index contributed by atoms with van der Waals surface area (Å²) >= 11 is 8.24. The van der Waals surface area contributed by atoms with Crippen LogP contribution >= 0.6 is 23.4 Å². The average molecular weight is 313 g/mol. The zero-order chi connectivity index (χ0) is 14.5. The van der Waals surface area contributed by atoms with Crippen LogP contribution in [0.4, 0.5) is 5.69 Å². The zero-order valence-electron chi connectivity index (χ0n) is 12.7. The monoisotopic (exact) mass is 312 g/mol. The van der Waals surface area contributed by atoms with Crippen LogP contribution in [0.5, 0.6) is 0 Å². The molecule has 4 heteroatoms. The van der Waals surface area contributed by atoms with E-state index in [9.17, 15) is 0 Å². The van der Waals surface area contributed by atoms with Crippen LogP contribution in [0.1, 0.15) is 26.3 Å². The van der Waals surface area contributed by atoms with Crippen molar-refractivity contribution in [3.8, 4) is 0 Å². The molecule has 1 heterocycles. The third kappa shape index (κ3) is 4.57. The zero-order valence-corrected chi connectivity index (χ0v) is 14.2. The lowest BCUT2D eigenvalue weighted by Crippen LogP contribution is -2.37. The summed E-state index contributed by atoms with van der Waals surface area (Å²) in [6, 6.07) is 6.29. The quantitative estimate of drug-likeness (QED) is 0.884. The maximum absolute atomic E-state index is 6.18. The predicted molar refractivity (Wildman–Crippen MR) is 92.1 cm³/mol. The van der Waals surface area contributed by atoms with Crippen LogP contribution in [0.15, 0.2) is 18.2 Å². The maximum Gasteiger partial charge on any atom is 0.0413 e. The molecular formula is C16H25ClN2S. The predicted octanol–water partition coefficient (Wildman–Crippen LogP) is 4.03. The molecule has 1 fully saturated rings. The van der Waals surface area contributed by atoms with E-state index in [1.165, 1.54) is 17.0 Å². The van der Waals surface area contributed by atoms with Gasteiger partial charge in [0.2, 0.25) is 0 Å². The van der Waals surface area contributed by atoms with Crippen LogP contribution in [0.2, 0.25) is 5.02 Å². The van der Waals surface area contributed by atoms with Crippen molar-refractivity contribution in [1.82, 2.24) is 5.32 Å². The SMILES string of the molecule is CC(C)CNCc1cc(Cl)ccc1N1CCSC(C)C1. The summed E-state index contributed by atoms with van der Waals surface area (Å²) in [4.78, 5) is 2.50. The summed E-state index contributed by atoms with van der Waals surface area (Å²) in [7, 11) is 0. The Labute approximate surface area is 132 Å². The van der Waals surface area contributed by atoms with Crippen molar-refractivity contribution in [3.63, 3.8) is 0 Å². The summed E-state index contributed by atoms with van der Waals surface area (Å²) in [5, 5.41) is 5.06. The van der Waals surface area contributed by atoms with Crippen LogP contribution in [0.25, 0.3) is 0 Å². The fourth-order valence-corrected chi connectivity index (χ4v) is 3.75. The third-order valence-electron chi connectivity index (χ3n) is 3.49. The molecule has 1 N–H and O–H groups in total. The van der Waals surface area contributed by atoms with Gasteiger partial charge in [0.05, 0.1) is 0 Å². The molecule has 1 aliphatic heterocycles. The lowest BCUT2D eigenvalue weighted by molar-refractivity contribution is 0.552. The van der Waals surface area contributed by atoms with Gasteiger partial charge in [-0.25, -0.2) is 0 Å². The number of nitrogens with one attached hydrogen (secondary N) is 1. The van der Waals surface area contributed by atoms with Crippen LogP contribution in [0, 0.1) is 5.92 Å². The van der Waals surface area contributed by atoms with E-state index in [4.69, 9.17) is 11.6 Å². The third-order valence-corrected chi connectivity index (χ3v) is 4.86. The Kier molecular flexibility index (Phi) is 6.06. The van der Waals surface area contributed by atoms with Gasteiger partial charge in [-0.2, -0.15) is 11.8 Å². The molecule has 1 aliphatic rings.